The van der Waals surface area contributed by atoms with Crippen molar-refractivity contribution in [1.82, 2.24) is 0 Å². The van der Waals surface area contributed by atoms with Gasteiger partial charge >= 0.3 is 0 Å². The molecule has 1 rings (SSSR count). The van der Waals surface area contributed by atoms with E-state index in [0.717, 1.165) is 0 Å². The van der Waals surface area contributed by atoms with Crippen molar-refractivity contribution in [3.05, 3.63) is 22.2 Å². The molecule has 0 atom stereocenters. The number of phenols is 1. The smallest absolute Gasteiger partial charge is 0.144 e. The third-order valence-corrected chi connectivity index (χ3v) is 2.27. The lowest BCUT2D eigenvalue weighted by Crippen LogP contribution is -1.93. The van der Waals surface area contributed by atoms with Gasteiger partial charge in [0.15, 0.2) is 0 Å². The fourth-order valence-corrected chi connectivity index (χ4v) is 1.64. The lowest BCUT2D eigenvalue weighted by atomic mass is 10.1. The predicted octanol–water partition coefficient (Wildman–Crippen LogP) is 2.43. The Morgan fingerprint density at radius 3 is 2.79 bits per heavy atom. The van der Waals surface area contributed by atoms with Crippen LogP contribution in [-0.4, -0.2) is 12.2 Å². The van der Waals surface area contributed by atoms with Gasteiger partial charge in [-0.25, -0.2) is 0 Å². The molecule has 4 heteroatoms. The molecule has 0 aliphatic carbocycles. The second-order valence-electron chi connectivity index (χ2n) is 2.86. The van der Waals surface area contributed by atoms with Crippen molar-refractivity contribution in [2.45, 2.75) is 13.3 Å². The van der Waals surface area contributed by atoms with Crippen LogP contribution >= 0.6 is 11.6 Å². The number of methoxy groups -OCH3 is 1. The summed E-state index contributed by atoms with van der Waals surface area (Å²) in [6, 6.07) is 3.50. The first-order valence-corrected chi connectivity index (χ1v) is 4.41. The molecule has 0 aromatic heterocycles. The molecule has 0 fully saturated rings. The molecule has 0 aliphatic rings. The van der Waals surface area contributed by atoms with Crippen molar-refractivity contribution in [3.63, 3.8) is 0 Å². The number of hydrogen-bond donors (Lipinski definition) is 1. The van der Waals surface area contributed by atoms with Crippen LogP contribution in [0.1, 0.15) is 11.1 Å². The fraction of sp³-hybridized carbons (Fsp3) is 0.300. The Morgan fingerprint density at radius 2 is 2.29 bits per heavy atom. The van der Waals surface area contributed by atoms with Gasteiger partial charge in [0, 0.05) is 11.1 Å². The first kappa shape index (κ1) is 10.7. The largest absolute Gasteiger partial charge is 0.507 e. The summed E-state index contributed by atoms with van der Waals surface area (Å²) in [5.74, 6) is 0.527. The monoisotopic (exact) mass is 211 g/mol. The zero-order valence-corrected chi connectivity index (χ0v) is 8.72. The number of nitrogens with zero attached hydrogens (tertiary/aromatic N) is 1. The van der Waals surface area contributed by atoms with Crippen molar-refractivity contribution < 1.29 is 9.84 Å². The molecular formula is C10H10ClNO2. The normalized spacial score (nSPS) is 9.57. The van der Waals surface area contributed by atoms with Crippen LogP contribution in [0, 0.1) is 18.3 Å². The lowest BCUT2D eigenvalue weighted by Gasteiger charge is -2.11. The topological polar surface area (TPSA) is 53.2 Å². The average molecular weight is 212 g/mol. The fourth-order valence-electron chi connectivity index (χ4n) is 1.28. The number of rotatable bonds is 2. The number of phenolic OH excluding ortho intramolecular Hbond substituents is 1. The van der Waals surface area contributed by atoms with Gasteiger partial charge in [-0.3, -0.25) is 0 Å². The highest BCUT2D eigenvalue weighted by Crippen LogP contribution is 2.37. The van der Waals surface area contributed by atoms with Gasteiger partial charge in [-0.05, 0) is 13.0 Å². The molecule has 14 heavy (non-hydrogen) atoms. The maximum Gasteiger partial charge on any atom is 0.144 e. The van der Waals surface area contributed by atoms with E-state index in [2.05, 4.69) is 0 Å². The molecule has 0 unspecified atom stereocenters. The summed E-state index contributed by atoms with van der Waals surface area (Å²) in [6.07, 6.45) is 0.135. The van der Waals surface area contributed by atoms with E-state index in [1.807, 2.05) is 6.07 Å². The molecule has 1 aromatic carbocycles. The molecule has 0 aliphatic heterocycles. The van der Waals surface area contributed by atoms with Gasteiger partial charge in [0.25, 0.3) is 0 Å². The SMILES string of the molecule is COc1c(Cl)cc(CC#N)c(O)c1C. The second kappa shape index (κ2) is 4.21. The van der Waals surface area contributed by atoms with Crippen molar-refractivity contribution in [2.75, 3.05) is 7.11 Å². The lowest BCUT2D eigenvalue weighted by molar-refractivity contribution is 0.402. The number of hydrogen-bond acceptors (Lipinski definition) is 3. The van der Waals surface area contributed by atoms with E-state index in [9.17, 15) is 5.11 Å². The van der Waals surface area contributed by atoms with Crippen LogP contribution in [0.2, 0.25) is 5.02 Å². The Hall–Kier alpha value is -1.40. The molecule has 0 spiro atoms. The quantitative estimate of drug-likeness (QED) is 0.818. The maximum atomic E-state index is 9.68. The van der Waals surface area contributed by atoms with Gasteiger partial charge in [0.2, 0.25) is 0 Å². The minimum atomic E-state index is 0.0767. The van der Waals surface area contributed by atoms with Crippen LogP contribution in [0.5, 0.6) is 11.5 Å². The van der Waals surface area contributed by atoms with Gasteiger partial charge in [-0.1, -0.05) is 11.6 Å². The van der Waals surface area contributed by atoms with Gasteiger partial charge in [-0.2, -0.15) is 5.26 Å². The van der Waals surface area contributed by atoms with Crippen molar-refractivity contribution in [3.8, 4) is 17.6 Å². The molecule has 0 amide bonds. The molecule has 3 nitrogen and oxygen atoms in total. The Kier molecular flexibility index (Phi) is 3.21. The van der Waals surface area contributed by atoms with Crippen LogP contribution < -0.4 is 4.74 Å². The summed E-state index contributed by atoms with van der Waals surface area (Å²) in [4.78, 5) is 0. The minimum Gasteiger partial charge on any atom is -0.507 e. The predicted molar refractivity (Wildman–Crippen MR) is 53.7 cm³/mol. The Morgan fingerprint density at radius 1 is 1.64 bits per heavy atom. The number of ether oxygens (including phenoxy) is 1. The van der Waals surface area contributed by atoms with Crippen LogP contribution in [0.4, 0.5) is 0 Å². The first-order valence-electron chi connectivity index (χ1n) is 4.03. The number of aromatic hydroxyl groups is 1. The highest BCUT2D eigenvalue weighted by molar-refractivity contribution is 6.32. The Balaban J connectivity index is 3.34. The number of nitriles is 1. The zero-order chi connectivity index (χ0) is 10.7. The van der Waals surface area contributed by atoms with Gasteiger partial charge in [0.05, 0.1) is 24.6 Å². The number of halogens is 1. The van der Waals surface area contributed by atoms with E-state index in [1.165, 1.54) is 7.11 Å². The molecule has 0 heterocycles. The third kappa shape index (κ3) is 1.75. The second-order valence-corrected chi connectivity index (χ2v) is 3.27. The van der Waals surface area contributed by atoms with Crippen molar-refractivity contribution >= 4 is 11.6 Å². The van der Waals surface area contributed by atoms with Crippen LogP contribution in [0.25, 0.3) is 0 Å². The van der Waals surface area contributed by atoms with Gasteiger partial charge < -0.3 is 9.84 Å². The van der Waals surface area contributed by atoms with E-state index < -0.39 is 0 Å². The molecule has 0 radical (unpaired) electrons. The van der Waals surface area contributed by atoms with Crippen molar-refractivity contribution in [2.24, 2.45) is 0 Å². The molecular weight excluding hydrogens is 202 g/mol. The van der Waals surface area contributed by atoms with Crippen LogP contribution in [-0.2, 0) is 6.42 Å². The molecule has 0 bridgehead atoms. The Labute approximate surface area is 87.5 Å². The van der Waals surface area contributed by atoms with E-state index in [-0.39, 0.29) is 12.2 Å². The van der Waals surface area contributed by atoms with Gasteiger partial charge in [-0.15, -0.1) is 0 Å². The summed E-state index contributed by atoms with van der Waals surface area (Å²) in [5.41, 5.74) is 1.08. The van der Waals surface area contributed by atoms with Crippen LogP contribution in [0.15, 0.2) is 6.07 Å². The maximum absolute atomic E-state index is 9.68. The molecule has 0 saturated heterocycles. The molecule has 1 N–H and O–H groups in total. The van der Waals surface area contributed by atoms with Crippen molar-refractivity contribution in [1.29, 1.82) is 5.26 Å². The molecule has 1 aromatic rings. The third-order valence-electron chi connectivity index (χ3n) is 1.99. The first-order chi connectivity index (χ1) is 6.61. The van der Waals surface area contributed by atoms with E-state index in [4.69, 9.17) is 21.6 Å². The molecule has 0 saturated carbocycles. The summed E-state index contributed by atoms with van der Waals surface area (Å²) in [7, 11) is 1.48. The molecule has 74 valence electrons. The van der Waals surface area contributed by atoms with Crippen LogP contribution in [0.3, 0.4) is 0 Å². The highest BCUT2D eigenvalue weighted by Gasteiger charge is 2.13. The highest BCUT2D eigenvalue weighted by atomic mass is 35.5. The summed E-state index contributed by atoms with van der Waals surface area (Å²) >= 11 is 5.90. The van der Waals surface area contributed by atoms with Gasteiger partial charge in [0.1, 0.15) is 11.5 Å². The summed E-state index contributed by atoms with van der Waals surface area (Å²) in [5, 5.41) is 18.6. The Bertz CT molecular complexity index is 396. The van der Waals surface area contributed by atoms with E-state index in [1.54, 1.807) is 13.0 Å². The summed E-state index contributed by atoms with van der Waals surface area (Å²) < 4.78 is 5.01. The zero-order valence-electron chi connectivity index (χ0n) is 7.97. The van der Waals surface area contributed by atoms with E-state index >= 15 is 0 Å². The standard InChI is InChI=1S/C10H10ClNO2/c1-6-9(13)7(3-4-12)5-8(11)10(6)14-2/h5,13H,3H2,1-2H3. The number of benzene rings is 1. The average Bonchev–Trinajstić information content (AvgIpc) is 2.15. The minimum absolute atomic E-state index is 0.0767. The summed E-state index contributed by atoms with van der Waals surface area (Å²) in [6.45, 7) is 1.70. The van der Waals surface area contributed by atoms with E-state index in [0.29, 0.717) is 21.9 Å².